The second-order valence-corrected chi connectivity index (χ2v) is 6.39. The molecule has 1 aliphatic rings. The first-order chi connectivity index (χ1) is 9.94. The number of nitrogens with zero attached hydrogens (tertiary/aromatic N) is 3. The van der Waals surface area contributed by atoms with Gasteiger partial charge in [0.1, 0.15) is 5.60 Å². The van der Waals surface area contributed by atoms with Crippen molar-refractivity contribution in [2.45, 2.75) is 39.2 Å². The molecule has 1 aliphatic heterocycles. The van der Waals surface area contributed by atoms with E-state index in [1.54, 1.807) is 23.4 Å². The number of aromatic nitrogens is 2. The minimum Gasteiger partial charge on any atom is -0.444 e. The average molecular weight is 292 g/mol. The zero-order chi connectivity index (χ0) is 15.3. The van der Waals surface area contributed by atoms with Crippen LogP contribution in [0.15, 0.2) is 18.5 Å². The molecule has 0 saturated carbocycles. The first-order valence-electron chi connectivity index (χ1n) is 7.43. The lowest BCUT2D eigenvalue weighted by Gasteiger charge is -2.34. The van der Waals surface area contributed by atoms with Gasteiger partial charge in [-0.1, -0.05) is 0 Å². The maximum Gasteiger partial charge on any atom is 0.410 e. The Kier molecular flexibility index (Phi) is 4.98. The van der Waals surface area contributed by atoms with Crippen molar-refractivity contribution in [1.82, 2.24) is 14.9 Å². The number of anilines is 1. The molecule has 1 saturated heterocycles. The summed E-state index contributed by atoms with van der Waals surface area (Å²) in [6.45, 7) is 7.92. The number of hydrogen-bond donors (Lipinski definition) is 1. The van der Waals surface area contributed by atoms with Crippen molar-refractivity contribution < 1.29 is 9.53 Å². The number of ether oxygens (including phenoxy) is 1. The van der Waals surface area contributed by atoms with E-state index in [9.17, 15) is 4.79 Å². The fourth-order valence-electron chi connectivity index (χ4n) is 2.35. The van der Waals surface area contributed by atoms with E-state index in [1.165, 1.54) is 0 Å². The second kappa shape index (κ2) is 6.74. The van der Waals surface area contributed by atoms with E-state index >= 15 is 0 Å². The molecule has 0 radical (unpaired) electrons. The Morgan fingerprint density at radius 2 is 2.14 bits per heavy atom. The number of hydrogen-bond acceptors (Lipinski definition) is 5. The van der Waals surface area contributed by atoms with E-state index < -0.39 is 5.60 Å². The Bertz CT molecular complexity index is 458. The summed E-state index contributed by atoms with van der Waals surface area (Å²) >= 11 is 0. The van der Waals surface area contributed by atoms with Gasteiger partial charge in [0.25, 0.3) is 0 Å². The number of amides is 1. The van der Waals surface area contributed by atoms with Crippen LogP contribution in [0.1, 0.15) is 33.6 Å². The highest BCUT2D eigenvalue weighted by atomic mass is 16.6. The molecule has 0 bridgehead atoms. The lowest BCUT2D eigenvalue weighted by atomic mass is 9.98. The number of carbonyl (C=O) groups is 1. The van der Waals surface area contributed by atoms with Gasteiger partial charge in [-0.15, -0.1) is 0 Å². The van der Waals surface area contributed by atoms with E-state index in [0.717, 1.165) is 32.5 Å². The summed E-state index contributed by atoms with van der Waals surface area (Å²) in [4.78, 5) is 22.2. The Morgan fingerprint density at radius 3 is 2.81 bits per heavy atom. The summed E-state index contributed by atoms with van der Waals surface area (Å²) in [7, 11) is 0. The van der Waals surface area contributed by atoms with Crippen LogP contribution in [0.2, 0.25) is 0 Å². The number of piperidine rings is 1. The molecular formula is C15H24N4O2. The fourth-order valence-corrected chi connectivity index (χ4v) is 2.35. The van der Waals surface area contributed by atoms with Crippen LogP contribution in [-0.2, 0) is 4.74 Å². The van der Waals surface area contributed by atoms with Gasteiger partial charge in [-0.3, -0.25) is 0 Å². The van der Waals surface area contributed by atoms with Crippen LogP contribution in [0.3, 0.4) is 0 Å². The van der Waals surface area contributed by atoms with Gasteiger partial charge in [-0.2, -0.15) is 0 Å². The molecule has 2 rings (SSSR count). The van der Waals surface area contributed by atoms with Crippen molar-refractivity contribution in [2.75, 3.05) is 25.0 Å². The molecule has 2 heterocycles. The Hall–Kier alpha value is -1.85. The summed E-state index contributed by atoms with van der Waals surface area (Å²) in [6, 6.07) is 1.79. The van der Waals surface area contributed by atoms with Crippen molar-refractivity contribution in [2.24, 2.45) is 5.92 Å². The molecule has 116 valence electrons. The fraction of sp³-hybridized carbons (Fsp3) is 0.667. The van der Waals surface area contributed by atoms with Gasteiger partial charge < -0.3 is 15.0 Å². The van der Waals surface area contributed by atoms with Gasteiger partial charge in [0.05, 0.1) is 0 Å². The summed E-state index contributed by atoms with van der Waals surface area (Å²) < 4.78 is 5.43. The highest BCUT2D eigenvalue weighted by Crippen LogP contribution is 2.19. The zero-order valence-electron chi connectivity index (χ0n) is 13.0. The Labute approximate surface area is 125 Å². The van der Waals surface area contributed by atoms with Crippen molar-refractivity contribution in [1.29, 1.82) is 0 Å². The quantitative estimate of drug-likeness (QED) is 0.927. The Morgan fingerprint density at radius 1 is 1.43 bits per heavy atom. The number of rotatable bonds is 3. The highest BCUT2D eigenvalue weighted by Gasteiger charge is 2.27. The highest BCUT2D eigenvalue weighted by molar-refractivity contribution is 5.68. The molecule has 0 aliphatic carbocycles. The lowest BCUT2D eigenvalue weighted by molar-refractivity contribution is 0.0172. The molecular weight excluding hydrogens is 268 g/mol. The second-order valence-electron chi connectivity index (χ2n) is 6.39. The van der Waals surface area contributed by atoms with E-state index in [1.807, 2.05) is 20.8 Å². The molecule has 6 nitrogen and oxygen atoms in total. The van der Waals surface area contributed by atoms with Crippen LogP contribution in [0.25, 0.3) is 0 Å². The third-order valence-electron chi connectivity index (χ3n) is 3.29. The van der Waals surface area contributed by atoms with E-state index in [0.29, 0.717) is 11.9 Å². The molecule has 0 spiro atoms. The predicted octanol–water partition coefficient (Wildman–Crippen LogP) is 2.54. The number of carbonyl (C=O) groups excluding carboxylic acids is 1. The molecule has 1 atom stereocenters. The molecule has 1 N–H and O–H groups in total. The first kappa shape index (κ1) is 15.5. The van der Waals surface area contributed by atoms with Crippen LogP contribution >= 0.6 is 0 Å². The molecule has 1 fully saturated rings. The number of likely N-dealkylation sites (tertiary alicyclic amines) is 1. The van der Waals surface area contributed by atoms with Crippen LogP contribution in [0.5, 0.6) is 0 Å². The topological polar surface area (TPSA) is 67.3 Å². The maximum atomic E-state index is 12.1. The Balaban J connectivity index is 1.82. The molecule has 1 aromatic rings. The smallest absolute Gasteiger partial charge is 0.410 e. The van der Waals surface area contributed by atoms with Crippen molar-refractivity contribution in [3.05, 3.63) is 18.5 Å². The third-order valence-corrected chi connectivity index (χ3v) is 3.29. The molecule has 21 heavy (non-hydrogen) atoms. The van der Waals surface area contributed by atoms with Crippen molar-refractivity contribution >= 4 is 12.0 Å². The SMILES string of the molecule is CC(C)(C)OC(=O)N1CCCC(CNc2ncccn2)C1. The van der Waals surface area contributed by atoms with E-state index in [4.69, 9.17) is 4.74 Å². The monoisotopic (exact) mass is 292 g/mol. The number of nitrogens with one attached hydrogen (secondary N) is 1. The summed E-state index contributed by atoms with van der Waals surface area (Å²) in [5, 5.41) is 3.22. The minimum atomic E-state index is -0.444. The van der Waals surface area contributed by atoms with E-state index in [2.05, 4.69) is 15.3 Å². The van der Waals surface area contributed by atoms with Crippen molar-refractivity contribution in [3.63, 3.8) is 0 Å². The van der Waals surface area contributed by atoms with Gasteiger partial charge in [0, 0.05) is 32.0 Å². The normalized spacial score (nSPS) is 19.2. The maximum absolute atomic E-state index is 12.1. The van der Waals surface area contributed by atoms with Gasteiger partial charge >= 0.3 is 6.09 Å². The first-order valence-corrected chi connectivity index (χ1v) is 7.43. The molecule has 6 heteroatoms. The molecule has 0 aromatic carbocycles. The molecule has 1 aromatic heterocycles. The van der Waals surface area contributed by atoms with Gasteiger partial charge in [0.2, 0.25) is 5.95 Å². The zero-order valence-corrected chi connectivity index (χ0v) is 13.0. The largest absolute Gasteiger partial charge is 0.444 e. The van der Waals surface area contributed by atoms with Crippen LogP contribution in [0.4, 0.5) is 10.7 Å². The summed E-state index contributed by atoms with van der Waals surface area (Å²) in [5.74, 6) is 1.03. The summed E-state index contributed by atoms with van der Waals surface area (Å²) in [5.41, 5.74) is -0.444. The van der Waals surface area contributed by atoms with Crippen LogP contribution < -0.4 is 5.32 Å². The minimum absolute atomic E-state index is 0.219. The van der Waals surface area contributed by atoms with Crippen LogP contribution in [0, 0.1) is 5.92 Å². The third kappa shape index (κ3) is 5.21. The van der Waals surface area contributed by atoms with Crippen LogP contribution in [-0.4, -0.2) is 46.2 Å². The molecule has 1 amide bonds. The van der Waals surface area contributed by atoms with Gasteiger partial charge in [-0.25, -0.2) is 14.8 Å². The predicted molar refractivity (Wildman–Crippen MR) is 81.1 cm³/mol. The van der Waals surface area contributed by atoms with E-state index in [-0.39, 0.29) is 6.09 Å². The standard InChI is InChI=1S/C15H24N4O2/c1-15(2,3)21-14(20)19-9-4-6-12(11-19)10-18-13-16-7-5-8-17-13/h5,7-8,12H,4,6,9-11H2,1-3H3,(H,16,17,18). The summed E-state index contributed by atoms with van der Waals surface area (Å²) in [6.07, 6.45) is 5.30. The van der Waals surface area contributed by atoms with Gasteiger partial charge in [0.15, 0.2) is 0 Å². The average Bonchev–Trinajstić information content (AvgIpc) is 2.45. The van der Waals surface area contributed by atoms with Crippen molar-refractivity contribution in [3.8, 4) is 0 Å². The molecule has 1 unspecified atom stereocenters. The lowest BCUT2D eigenvalue weighted by Crippen LogP contribution is -2.44. The van der Waals surface area contributed by atoms with Gasteiger partial charge in [-0.05, 0) is 45.6 Å².